The number of ether oxygens (including phenoxy) is 1. The molecule has 0 radical (unpaired) electrons. The molecule has 0 unspecified atom stereocenters. The summed E-state index contributed by atoms with van der Waals surface area (Å²) in [5.41, 5.74) is 3.33. The Hall–Kier alpha value is -2.53. The second-order valence-corrected chi connectivity index (χ2v) is 7.44. The fourth-order valence-corrected chi connectivity index (χ4v) is 4.57. The van der Waals surface area contributed by atoms with Gasteiger partial charge in [-0.15, -0.1) is 0 Å². The van der Waals surface area contributed by atoms with Crippen LogP contribution in [0.4, 0.5) is 11.4 Å². The highest BCUT2D eigenvalue weighted by Gasteiger charge is 2.49. The Morgan fingerprint density at radius 1 is 1.04 bits per heavy atom. The molecular weight excluding hydrogens is 350 g/mol. The lowest BCUT2D eigenvalue weighted by molar-refractivity contribution is -0.119. The quantitative estimate of drug-likeness (QED) is 0.759. The number of hydrogen-bond acceptors (Lipinski definition) is 4. The lowest BCUT2D eigenvalue weighted by Crippen LogP contribution is -2.32. The SMILES string of the molecule is CCN(CC)c1ccc([C@H]2N(c3ccc(OC)cc3)C(=O)[C@@H]3CCCN32)cc1. The molecule has 2 aliphatic rings. The molecule has 148 valence electrons. The van der Waals surface area contributed by atoms with Crippen LogP contribution in [0.25, 0.3) is 0 Å². The highest BCUT2D eigenvalue weighted by molar-refractivity contribution is 6.00. The predicted octanol–water partition coefficient (Wildman–Crippen LogP) is 4.05. The number of methoxy groups -OCH3 is 1. The summed E-state index contributed by atoms with van der Waals surface area (Å²) < 4.78 is 5.28. The number of rotatable bonds is 6. The summed E-state index contributed by atoms with van der Waals surface area (Å²) in [6.45, 7) is 7.29. The van der Waals surface area contributed by atoms with Crippen molar-refractivity contribution in [3.05, 3.63) is 54.1 Å². The average Bonchev–Trinajstić information content (AvgIpc) is 3.32. The molecule has 2 aliphatic heterocycles. The molecular formula is C23H29N3O2. The first-order valence-corrected chi connectivity index (χ1v) is 10.3. The summed E-state index contributed by atoms with van der Waals surface area (Å²) in [6, 6.07) is 16.5. The van der Waals surface area contributed by atoms with Gasteiger partial charge in [-0.3, -0.25) is 14.6 Å². The van der Waals surface area contributed by atoms with Gasteiger partial charge in [-0.05, 0) is 68.7 Å². The van der Waals surface area contributed by atoms with Crippen molar-refractivity contribution in [2.45, 2.75) is 38.9 Å². The van der Waals surface area contributed by atoms with Gasteiger partial charge in [0.15, 0.2) is 0 Å². The number of hydrogen-bond donors (Lipinski definition) is 0. The molecule has 0 aliphatic carbocycles. The van der Waals surface area contributed by atoms with Gasteiger partial charge in [0.2, 0.25) is 5.91 Å². The van der Waals surface area contributed by atoms with Crippen LogP contribution in [-0.4, -0.2) is 43.6 Å². The molecule has 4 rings (SSSR count). The number of carbonyl (C=O) groups excluding carboxylic acids is 1. The van der Waals surface area contributed by atoms with Gasteiger partial charge in [-0.25, -0.2) is 0 Å². The Balaban J connectivity index is 1.69. The number of anilines is 2. The van der Waals surface area contributed by atoms with E-state index in [9.17, 15) is 4.79 Å². The molecule has 0 aromatic heterocycles. The van der Waals surface area contributed by atoms with Crippen LogP contribution in [0.1, 0.15) is 38.4 Å². The van der Waals surface area contributed by atoms with E-state index in [1.165, 1.54) is 11.3 Å². The van der Waals surface area contributed by atoms with E-state index in [1.807, 2.05) is 29.2 Å². The number of amides is 1. The van der Waals surface area contributed by atoms with Crippen molar-refractivity contribution in [3.63, 3.8) is 0 Å². The van der Waals surface area contributed by atoms with E-state index >= 15 is 0 Å². The summed E-state index contributed by atoms with van der Waals surface area (Å²) >= 11 is 0. The van der Waals surface area contributed by atoms with Crippen LogP contribution in [0.3, 0.4) is 0 Å². The Kier molecular flexibility index (Phi) is 5.27. The summed E-state index contributed by atoms with van der Waals surface area (Å²) in [4.78, 5) is 19.9. The monoisotopic (exact) mass is 379 g/mol. The first-order chi connectivity index (χ1) is 13.7. The van der Waals surface area contributed by atoms with Crippen LogP contribution in [0.2, 0.25) is 0 Å². The van der Waals surface area contributed by atoms with Crippen LogP contribution in [0.5, 0.6) is 5.75 Å². The van der Waals surface area contributed by atoms with Crippen molar-refractivity contribution in [3.8, 4) is 5.75 Å². The first kappa shape index (κ1) is 18.8. The van der Waals surface area contributed by atoms with E-state index in [1.54, 1.807) is 7.11 Å². The van der Waals surface area contributed by atoms with Crippen molar-refractivity contribution in [2.75, 3.05) is 36.5 Å². The zero-order valence-electron chi connectivity index (χ0n) is 17.0. The third-order valence-corrected chi connectivity index (χ3v) is 6.05. The maximum atomic E-state index is 13.2. The van der Waals surface area contributed by atoms with E-state index in [2.05, 4.69) is 47.9 Å². The molecule has 2 aromatic rings. The molecule has 2 fully saturated rings. The maximum absolute atomic E-state index is 13.2. The third kappa shape index (κ3) is 3.14. The van der Waals surface area contributed by atoms with Crippen LogP contribution in [-0.2, 0) is 4.79 Å². The zero-order chi connectivity index (χ0) is 19.7. The Morgan fingerprint density at radius 2 is 1.71 bits per heavy atom. The molecule has 1 amide bonds. The van der Waals surface area contributed by atoms with Crippen molar-refractivity contribution < 1.29 is 9.53 Å². The molecule has 28 heavy (non-hydrogen) atoms. The molecule has 2 aromatic carbocycles. The number of fused-ring (bicyclic) bond motifs is 1. The van der Waals surface area contributed by atoms with Crippen LogP contribution >= 0.6 is 0 Å². The highest BCUT2D eigenvalue weighted by atomic mass is 16.5. The zero-order valence-corrected chi connectivity index (χ0v) is 17.0. The van der Waals surface area contributed by atoms with Crippen LogP contribution in [0.15, 0.2) is 48.5 Å². The van der Waals surface area contributed by atoms with E-state index in [4.69, 9.17) is 4.74 Å². The maximum Gasteiger partial charge on any atom is 0.246 e. The van der Waals surface area contributed by atoms with E-state index < -0.39 is 0 Å². The normalized spacial score (nSPS) is 21.8. The van der Waals surface area contributed by atoms with Gasteiger partial charge in [0.1, 0.15) is 11.9 Å². The van der Waals surface area contributed by atoms with Gasteiger partial charge < -0.3 is 9.64 Å². The molecule has 5 heteroatoms. The highest BCUT2D eigenvalue weighted by Crippen LogP contribution is 2.42. The summed E-state index contributed by atoms with van der Waals surface area (Å²) in [5, 5.41) is 0. The molecule has 0 saturated carbocycles. The van der Waals surface area contributed by atoms with Gasteiger partial charge >= 0.3 is 0 Å². The molecule has 0 spiro atoms. The van der Waals surface area contributed by atoms with Crippen molar-refractivity contribution in [1.29, 1.82) is 0 Å². The number of nitrogens with zero attached hydrogens (tertiary/aromatic N) is 3. The second kappa shape index (κ2) is 7.84. The van der Waals surface area contributed by atoms with Gasteiger partial charge in [0.05, 0.1) is 13.2 Å². The van der Waals surface area contributed by atoms with E-state index in [-0.39, 0.29) is 18.1 Å². The molecule has 2 heterocycles. The van der Waals surface area contributed by atoms with Crippen LogP contribution < -0.4 is 14.5 Å². The van der Waals surface area contributed by atoms with Crippen LogP contribution in [0, 0.1) is 0 Å². The molecule has 0 N–H and O–H groups in total. The molecule has 5 nitrogen and oxygen atoms in total. The topological polar surface area (TPSA) is 36.0 Å². The van der Waals surface area contributed by atoms with Gasteiger partial charge in [-0.2, -0.15) is 0 Å². The predicted molar refractivity (Wildman–Crippen MR) is 113 cm³/mol. The third-order valence-electron chi connectivity index (χ3n) is 6.05. The van der Waals surface area contributed by atoms with E-state index in [0.717, 1.165) is 43.9 Å². The second-order valence-electron chi connectivity index (χ2n) is 7.44. The molecule has 2 saturated heterocycles. The first-order valence-electron chi connectivity index (χ1n) is 10.3. The minimum absolute atomic E-state index is 0.00504. The number of carbonyl (C=O) groups is 1. The smallest absolute Gasteiger partial charge is 0.246 e. The number of benzene rings is 2. The minimum Gasteiger partial charge on any atom is -0.497 e. The fourth-order valence-electron chi connectivity index (χ4n) is 4.57. The van der Waals surface area contributed by atoms with Gasteiger partial charge in [0, 0.05) is 31.0 Å². The lowest BCUT2D eigenvalue weighted by Gasteiger charge is -2.30. The lowest BCUT2D eigenvalue weighted by atomic mass is 10.1. The van der Waals surface area contributed by atoms with Crippen molar-refractivity contribution >= 4 is 17.3 Å². The van der Waals surface area contributed by atoms with Gasteiger partial charge in [-0.1, -0.05) is 12.1 Å². The summed E-state index contributed by atoms with van der Waals surface area (Å²) in [7, 11) is 1.66. The van der Waals surface area contributed by atoms with E-state index in [0.29, 0.717) is 0 Å². The standard InChI is InChI=1S/C23H29N3O2/c1-4-24(5-2)18-10-8-17(9-11-18)22-25-16-6-7-21(25)23(27)26(22)19-12-14-20(28-3)15-13-19/h8-15,21-22H,4-7,16H2,1-3H3/t21-,22+/m0/s1. The minimum atomic E-state index is -0.0425. The average molecular weight is 380 g/mol. The van der Waals surface area contributed by atoms with Crippen molar-refractivity contribution in [1.82, 2.24) is 4.90 Å². The Morgan fingerprint density at radius 3 is 2.32 bits per heavy atom. The summed E-state index contributed by atoms with van der Waals surface area (Å²) in [6.07, 6.45) is 1.99. The molecule has 2 atom stereocenters. The molecule has 0 bridgehead atoms. The van der Waals surface area contributed by atoms with Crippen molar-refractivity contribution in [2.24, 2.45) is 0 Å². The Labute approximate surface area is 167 Å². The Bertz CT molecular complexity index is 815. The van der Waals surface area contributed by atoms with Gasteiger partial charge in [0.25, 0.3) is 0 Å². The largest absolute Gasteiger partial charge is 0.497 e. The fraction of sp³-hybridized carbons (Fsp3) is 0.435. The summed E-state index contributed by atoms with van der Waals surface area (Å²) in [5.74, 6) is 1.01.